The fourth-order valence-corrected chi connectivity index (χ4v) is 8.31. The number of benzene rings is 1. The molecule has 1 fully saturated rings. The summed E-state index contributed by atoms with van der Waals surface area (Å²) in [7, 11) is -16.9. The van der Waals surface area contributed by atoms with Crippen molar-refractivity contribution in [2.45, 2.75) is 57.8 Å². The molecule has 0 radical (unpaired) electrons. The molecule has 1 aliphatic rings. The predicted molar refractivity (Wildman–Crippen MR) is 164 cm³/mol. The van der Waals surface area contributed by atoms with Crippen LogP contribution in [0.5, 0.6) is 0 Å². The molecule has 49 heavy (non-hydrogen) atoms. The van der Waals surface area contributed by atoms with Gasteiger partial charge in [-0.2, -0.15) is 8.62 Å². The predicted octanol–water partition coefficient (Wildman–Crippen LogP) is 4.20. The van der Waals surface area contributed by atoms with Crippen LogP contribution in [0.2, 0.25) is 5.15 Å². The van der Waals surface area contributed by atoms with Gasteiger partial charge in [0.25, 0.3) is 11.4 Å². The molecule has 1 aromatic carbocycles. The molecule has 3 unspecified atom stereocenters. The molecule has 2 aromatic heterocycles. The second kappa shape index (κ2) is 15.2. The third-order valence-corrected chi connectivity index (χ3v) is 11.0. The number of halogens is 1. The van der Waals surface area contributed by atoms with Crippen LogP contribution in [0.25, 0.3) is 11.0 Å². The van der Waals surface area contributed by atoms with E-state index >= 15 is 0 Å². The number of nitro groups is 2. The van der Waals surface area contributed by atoms with E-state index in [1.165, 1.54) is 16.8 Å². The van der Waals surface area contributed by atoms with E-state index in [0.717, 1.165) is 18.5 Å². The zero-order valence-electron chi connectivity index (χ0n) is 25.2. The van der Waals surface area contributed by atoms with Crippen molar-refractivity contribution in [3.8, 4) is 0 Å². The topological polar surface area (TPSA) is 315 Å². The smallest absolute Gasteiger partial charge is 0.390 e. The van der Waals surface area contributed by atoms with Gasteiger partial charge in [0, 0.05) is 30.3 Å². The van der Waals surface area contributed by atoms with E-state index in [9.17, 15) is 48.8 Å². The van der Waals surface area contributed by atoms with E-state index in [2.05, 4.69) is 23.1 Å². The minimum Gasteiger partial charge on any atom is -0.390 e. The van der Waals surface area contributed by atoms with E-state index in [0.29, 0.717) is 5.56 Å². The van der Waals surface area contributed by atoms with Crippen LogP contribution in [0, 0.1) is 26.1 Å². The molecule has 22 nitrogen and oxygen atoms in total. The molecule has 1 saturated heterocycles. The molecule has 4 rings (SSSR count). The second-order valence-corrected chi connectivity index (χ2v) is 15.7. The summed E-state index contributed by atoms with van der Waals surface area (Å²) in [5, 5.41) is 34.5. The second-order valence-electron chi connectivity index (χ2n) is 10.9. The Hall–Kier alpha value is -2.78. The van der Waals surface area contributed by atoms with Crippen LogP contribution < -0.4 is 0 Å². The summed E-state index contributed by atoms with van der Waals surface area (Å²) in [6.45, 7) is 2.38. The lowest BCUT2D eigenvalue weighted by molar-refractivity contribution is -0.396. The normalized spacial score (nSPS) is 21.4. The Bertz CT molecular complexity index is 1840. The summed E-state index contributed by atoms with van der Waals surface area (Å²) in [5.74, 6) is -0.118. The molecule has 5 N–H and O–H groups in total. The zero-order chi connectivity index (χ0) is 36.5. The number of aromatic nitrogens is 3. The Balaban J connectivity index is 1.58. The summed E-state index contributed by atoms with van der Waals surface area (Å²) >= 11 is 6.40. The maximum Gasteiger partial charge on any atom is 0.490 e. The van der Waals surface area contributed by atoms with E-state index in [4.69, 9.17) is 30.9 Å². The maximum absolute atomic E-state index is 12.1. The van der Waals surface area contributed by atoms with Gasteiger partial charge in [0.05, 0.1) is 40.7 Å². The largest absolute Gasteiger partial charge is 0.490 e. The highest BCUT2D eigenvalue weighted by Gasteiger charge is 2.43. The zero-order valence-corrected chi connectivity index (χ0v) is 28.6. The first kappa shape index (κ1) is 39.0. The lowest BCUT2D eigenvalue weighted by Crippen LogP contribution is -2.26. The van der Waals surface area contributed by atoms with E-state index in [1.54, 1.807) is 13.8 Å². The van der Waals surface area contributed by atoms with Crippen LogP contribution in [0.15, 0.2) is 30.7 Å². The van der Waals surface area contributed by atoms with E-state index < -0.39 is 75.8 Å². The number of nitrogens with zero attached hydrogens (tertiary/aromatic N) is 5. The van der Waals surface area contributed by atoms with Gasteiger partial charge in [0.1, 0.15) is 35.0 Å². The SMILES string of the molecule is CC(C)CC(OCc1cn([C@H]2C[C@@H](O)[C@@H](COP(=O)(O)OP(=O)(O)OP(=O)(O)O)O2)c2ncnc(Cl)c12)c1c([N+](=O)[O-])cccc1[N+](=O)[O-]. The average Bonchev–Trinajstić information content (AvgIpc) is 3.52. The number of fused-ring (bicyclic) bond motifs is 1. The first-order chi connectivity index (χ1) is 22.7. The van der Waals surface area contributed by atoms with Crippen molar-refractivity contribution in [2.75, 3.05) is 6.61 Å². The van der Waals surface area contributed by atoms with Gasteiger partial charge < -0.3 is 38.7 Å². The molecule has 26 heteroatoms. The molecule has 0 saturated carbocycles. The summed E-state index contributed by atoms with van der Waals surface area (Å²) in [6.07, 6.45) is -2.32. The number of rotatable bonds is 16. The van der Waals surface area contributed by atoms with Gasteiger partial charge in [-0.3, -0.25) is 24.8 Å². The molecule has 0 spiro atoms. The lowest BCUT2D eigenvalue weighted by atomic mass is 9.96. The number of aliphatic hydroxyl groups is 1. The number of ether oxygens (including phenoxy) is 2. The highest BCUT2D eigenvalue weighted by atomic mass is 35.5. The fourth-order valence-electron chi connectivity index (χ4n) is 5.03. The highest BCUT2D eigenvalue weighted by molar-refractivity contribution is 7.66. The van der Waals surface area contributed by atoms with E-state index in [1.807, 2.05) is 0 Å². The lowest BCUT2D eigenvalue weighted by Gasteiger charge is -2.20. The van der Waals surface area contributed by atoms with Gasteiger partial charge in [-0.15, -0.1) is 0 Å². The van der Waals surface area contributed by atoms with Crippen LogP contribution in [-0.4, -0.2) is 67.9 Å². The molecular formula is C23H29ClN5O17P3. The van der Waals surface area contributed by atoms with E-state index in [-0.39, 0.29) is 47.1 Å². The van der Waals surface area contributed by atoms with Crippen molar-refractivity contribution in [2.24, 2.45) is 5.92 Å². The Morgan fingerprint density at radius 3 is 2.27 bits per heavy atom. The van der Waals surface area contributed by atoms with Gasteiger partial charge >= 0.3 is 23.5 Å². The quantitative estimate of drug-likeness (QED) is 0.0589. The maximum atomic E-state index is 12.1. The molecule has 3 aromatic rings. The van der Waals surface area contributed by atoms with Gasteiger partial charge in [0.2, 0.25) is 0 Å². The van der Waals surface area contributed by atoms with Crippen LogP contribution in [-0.2, 0) is 42.9 Å². The minimum atomic E-state index is -5.77. The summed E-state index contributed by atoms with van der Waals surface area (Å²) in [4.78, 5) is 66.9. The van der Waals surface area contributed by atoms with Crippen molar-refractivity contribution in [1.29, 1.82) is 0 Å². The molecular weight excluding hydrogens is 747 g/mol. The molecule has 0 aliphatic carbocycles. The van der Waals surface area contributed by atoms with Crippen molar-refractivity contribution in [3.05, 3.63) is 67.2 Å². The van der Waals surface area contributed by atoms with Crippen LogP contribution in [0.3, 0.4) is 0 Å². The first-order valence-electron chi connectivity index (χ1n) is 13.8. The summed E-state index contributed by atoms with van der Waals surface area (Å²) in [6, 6.07) is 3.47. The molecule has 3 heterocycles. The Kier molecular flexibility index (Phi) is 12.1. The third-order valence-electron chi connectivity index (χ3n) is 6.87. The van der Waals surface area contributed by atoms with Gasteiger partial charge in [0.15, 0.2) is 0 Å². The number of aliphatic hydroxyl groups excluding tert-OH is 1. The number of phosphoric ester groups is 1. The number of nitro benzene ring substituents is 2. The van der Waals surface area contributed by atoms with Crippen molar-refractivity contribution < 1.29 is 70.8 Å². The van der Waals surface area contributed by atoms with Crippen LogP contribution in [0.1, 0.15) is 50.1 Å². The summed E-state index contributed by atoms with van der Waals surface area (Å²) < 4.78 is 59.8. The molecule has 0 amide bonds. The van der Waals surface area contributed by atoms with Crippen LogP contribution in [0.4, 0.5) is 11.4 Å². The van der Waals surface area contributed by atoms with Crippen molar-refractivity contribution in [3.63, 3.8) is 0 Å². The highest BCUT2D eigenvalue weighted by Crippen LogP contribution is 2.66. The van der Waals surface area contributed by atoms with Crippen molar-refractivity contribution >= 4 is 57.5 Å². The number of hydrogen-bond donors (Lipinski definition) is 5. The fraction of sp³-hybridized carbons (Fsp3) is 0.478. The number of phosphoric acid groups is 3. The van der Waals surface area contributed by atoms with Gasteiger partial charge in [-0.1, -0.05) is 25.4 Å². The molecule has 1 aliphatic heterocycles. The molecule has 0 bridgehead atoms. The third kappa shape index (κ3) is 9.93. The van der Waals surface area contributed by atoms with Crippen LogP contribution >= 0.6 is 35.1 Å². The van der Waals surface area contributed by atoms with Crippen molar-refractivity contribution in [1.82, 2.24) is 14.5 Å². The average molecular weight is 776 g/mol. The standard InChI is InChI=1S/C23H29ClN5O17P3/c1-12(2)6-17(21-14(28(31)32)4-3-5-15(21)29(33)34)42-9-13-8-27(23-20(13)22(24)25-11-26-23)19-7-16(30)18(44-19)10-43-48(38,39)46-49(40,41)45-47(35,36)37/h3-5,8,11-12,16-19,30H,6-7,9-10H2,1-2H3,(H,38,39)(H,40,41)(H2,35,36,37)/t16-,17?,18-,19-/m1/s1. The minimum absolute atomic E-state index is 0.0396. The summed E-state index contributed by atoms with van der Waals surface area (Å²) in [5.41, 5.74) is -0.733. The monoisotopic (exact) mass is 775 g/mol. The Labute approximate surface area is 280 Å². The van der Waals surface area contributed by atoms with Gasteiger partial charge in [-0.25, -0.2) is 23.7 Å². The first-order valence-corrected chi connectivity index (χ1v) is 18.7. The molecule has 270 valence electrons. The van der Waals surface area contributed by atoms with Gasteiger partial charge in [-0.05, 0) is 18.4 Å². The molecule has 6 atom stereocenters. The number of hydrogen-bond acceptors (Lipinski definition) is 15. The Morgan fingerprint density at radius 1 is 1.06 bits per heavy atom. The Morgan fingerprint density at radius 2 is 1.69 bits per heavy atom.